The highest BCUT2D eigenvalue weighted by Crippen LogP contribution is 2.06. The Labute approximate surface area is 106 Å². The molecule has 0 radical (unpaired) electrons. The Morgan fingerprint density at radius 1 is 1.50 bits per heavy atom. The average molecular weight is 246 g/mol. The zero-order chi connectivity index (χ0) is 13.4. The molecule has 0 saturated carbocycles. The molecule has 1 amide bonds. The predicted molar refractivity (Wildman–Crippen MR) is 65.8 cm³/mol. The molecule has 0 aliphatic heterocycles. The standard InChI is InChI=1S/C13H14N2O3/c1-10(16)15-7-4-3-5-11-9-14-8-6-12(11)13(17)18-2/h6,8-9H,4,7H2,1-2H3,(H,15,16). The molecule has 0 fully saturated rings. The van der Waals surface area contributed by atoms with E-state index >= 15 is 0 Å². The van der Waals surface area contributed by atoms with Crippen LogP contribution in [0, 0.1) is 11.8 Å². The van der Waals surface area contributed by atoms with Crippen LogP contribution in [0.5, 0.6) is 0 Å². The molecule has 0 spiro atoms. The van der Waals surface area contributed by atoms with Gasteiger partial charge in [-0.2, -0.15) is 0 Å². The van der Waals surface area contributed by atoms with E-state index in [0.717, 1.165) is 0 Å². The minimum absolute atomic E-state index is 0.0894. The van der Waals surface area contributed by atoms with Gasteiger partial charge in [-0.15, -0.1) is 0 Å². The molecule has 1 heterocycles. The molecule has 0 saturated heterocycles. The van der Waals surface area contributed by atoms with Gasteiger partial charge in [0.25, 0.3) is 0 Å². The van der Waals surface area contributed by atoms with Gasteiger partial charge in [-0.1, -0.05) is 11.8 Å². The fourth-order valence-corrected chi connectivity index (χ4v) is 1.24. The SMILES string of the molecule is COC(=O)c1ccncc1C#CCCNC(C)=O. The van der Waals surface area contributed by atoms with E-state index in [2.05, 4.69) is 26.9 Å². The second-order valence-corrected chi connectivity index (χ2v) is 3.45. The molecule has 1 N–H and O–H groups in total. The van der Waals surface area contributed by atoms with Crippen molar-refractivity contribution in [2.75, 3.05) is 13.7 Å². The molecular weight excluding hydrogens is 232 g/mol. The Balaban J connectivity index is 2.70. The third-order valence-corrected chi connectivity index (χ3v) is 2.07. The van der Waals surface area contributed by atoms with Crippen LogP contribution in [0.4, 0.5) is 0 Å². The zero-order valence-corrected chi connectivity index (χ0v) is 10.3. The summed E-state index contributed by atoms with van der Waals surface area (Å²) < 4.78 is 4.64. The largest absolute Gasteiger partial charge is 0.465 e. The normalized spacial score (nSPS) is 9.00. The minimum atomic E-state index is -0.441. The number of nitrogens with one attached hydrogen (secondary N) is 1. The molecule has 5 nitrogen and oxygen atoms in total. The number of ether oxygens (including phenoxy) is 1. The van der Waals surface area contributed by atoms with E-state index < -0.39 is 5.97 Å². The first kappa shape index (κ1) is 13.7. The molecule has 5 heteroatoms. The fourth-order valence-electron chi connectivity index (χ4n) is 1.24. The van der Waals surface area contributed by atoms with Crippen molar-refractivity contribution in [2.45, 2.75) is 13.3 Å². The first-order valence-corrected chi connectivity index (χ1v) is 5.40. The van der Waals surface area contributed by atoms with Crippen LogP contribution in [0.3, 0.4) is 0 Å². The first-order chi connectivity index (χ1) is 8.65. The zero-order valence-electron chi connectivity index (χ0n) is 10.3. The Bertz CT molecular complexity index is 500. The topological polar surface area (TPSA) is 68.3 Å². The Kier molecular flexibility index (Phi) is 5.39. The van der Waals surface area contributed by atoms with Crippen LogP contribution >= 0.6 is 0 Å². The number of methoxy groups -OCH3 is 1. The van der Waals surface area contributed by atoms with E-state index in [-0.39, 0.29) is 5.91 Å². The van der Waals surface area contributed by atoms with Gasteiger partial charge < -0.3 is 10.1 Å². The number of pyridine rings is 1. The van der Waals surface area contributed by atoms with Crippen molar-refractivity contribution >= 4 is 11.9 Å². The van der Waals surface area contributed by atoms with Crippen molar-refractivity contribution in [1.82, 2.24) is 10.3 Å². The molecule has 1 aromatic rings. The highest BCUT2D eigenvalue weighted by atomic mass is 16.5. The second kappa shape index (κ2) is 7.07. The lowest BCUT2D eigenvalue weighted by Crippen LogP contribution is -2.20. The maximum atomic E-state index is 11.4. The molecule has 94 valence electrons. The maximum Gasteiger partial charge on any atom is 0.339 e. The predicted octanol–water partition coefficient (Wildman–Crippen LogP) is 0.746. The van der Waals surface area contributed by atoms with Crippen molar-refractivity contribution in [3.63, 3.8) is 0 Å². The number of amides is 1. The van der Waals surface area contributed by atoms with Crippen molar-refractivity contribution in [3.05, 3.63) is 29.6 Å². The Hall–Kier alpha value is -2.35. The molecule has 0 unspecified atom stereocenters. The van der Waals surface area contributed by atoms with E-state index in [1.807, 2.05) is 0 Å². The van der Waals surface area contributed by atoms with Crippen molar-refractivity contribution < 1.29 is 14.3 Å². The van der Waals surface area contributed by atoms with Crippen LogP contribution in [-0.2, 0) is 9.53 Å². The molecule has 0 aliphatic carbocycles. The van der Waals surface area contributed by atoms with E-state index in [0.29, 0.717) is 24.1 Å². The number of hydrogen-bond donors (Lipinski definition) is 1. The molecule has 0 aromatic carbocycles. The number of hydrogen-bond acceptors (Lipinski definition) is 4. The summed E-state index contributed by atoms with van der Waals surface area (Å²) in [5.41, 5.74) is 0.909. The van der Waals surface area contributed by atoms with Gasteiger partial charge in [0.15, 0.2) is 0 Å². The summed E-state index contributed by atoms with van der Waals surface area (Å²) in [6.07, 6.45) is 3.53. The number of aromatic nitrogens is 1. The molecule has 0 bridgehead atoms. The van der Waals surface area contributed by atoms with E-state index in [4.69, 9.17) is 0 Å². The Morgan fingerprint density at radius 3 is 2.94 bits per heavy atom. The fraction of sp³-hybridized carbons (Fsp3) is 0.308. The van der Waals surface area contributed by atoms with E-state index in [1.54, 1.807) is 6.07 Å². The van der Waals surface area contributed by atoms with Gasteiger partial charge in [-0.3, -0.25) is 9.78 Å². The van der Waals surface area contributed by atoms with Gasteiger partial charge in [-0.05, 0) is 6.07 Å². The highest BCUT2D eigenvalue weighted by molar-refractivity contribution is 5.92. The molecule has 0 aliphatic rings. The number of carbonyl (C=O) groups excluding carboxylic acids is 2. The van der Waals surface area contributed by atoms with Crippen LogP contribution in [0.1, 0.15) is 29.3 Å². The van der Waals surface area contributed by atoms with Gasteiger partial charge in [0, 0.05) is 32.3 Å². The van der Waals surface area contributed by atoms with Gasteiger partial charge in [-0.25, -0.2) is 4.79 Å². The lowest BCUT2D eigenvalue weighted by Gasteiger charge is -2.00. The summed E-state index contributed by atoms with van der Waals surface area (Å²) in [6.45, 7) is 1.93. The monoisotopic (exact) mass is 246 g/mol. The summed E-state index contributed by atoms with van der Waals surface area (Å²) in [5, 5.41) is 2.63. The van der Waals surface area contributed by atoms with Gasteiger partial charge in [0.05, 0.1) is 18.2 Å². The van der Waals surface area contributed by atoms with E-state index in [9.17, 15) is 9.59 Å². The summed E-state index contributed by atoms with van der Waals surface area (Å²) in [7, 11) is 1.32. The second-order valence-electron chi connectivity index (χ2n) is 3.45. The third-order valence-electron chi connectivity index (χ3n) is 2.07. The van der Waals surface area contributed by atoms with Crippen LogP contribution in [0.25, 0.3) is 0 Å². The van der Waals surface area contributed by atoms with Crippen LogP contribution < -0.4 is 5.32 Å². The molecule has 1 rings (SSSR count). The van der Waals surface area contributed by atoms with Crippen molar-refractivity contribution in [3.8, 4) is 11.8 Å². The molecule has 0 atom stereocenters. The van der Waals surface area contributed by atoms with Crippen molar-refractivity contribution in [1.29, 1.82) is 0 Å². The highest BCUT2D eigenvalue weighted by Gasteiger charge is 2.09. The lowest BCUT2D eigenvalue weighted by molar-refractivity contribution is -0.118. The Morgan fingerprint density at radius 2 is 2.28 bits per heavy atom. The number of nitrogens with zero attached hydrogens (tertiary/aromatic N) is 1. The first-order valence-electron chi connectivity index (χ1n) is 5.40. The lowest BCUT2D eigenvalue weighted by atomic mass is 10.1. The third kappa shape index (κ3) is 4.26. The van der Waals surface area contributed by atoms with Crippen LogP contribution in [-0.4, -0.2) is 30.5 Å². The molecule has 18 heavy (non-hydrogen) atoms. The number of rotatable bonds is 3. The molecule has 1 aromatic heterocycles. The number of esters is 1. The maximum absolute atomic E-state index is 11.4. The van der Waals surface area contributed by atoms with Gasteiger partial charge in [0.2, 0.25) is 5.91 Å². The summed E-state index contributed by atoms with van der Waals surface area (Å²) in [5.74, 6) is 5.17. The van der Waals surface area contributed by atoms with Gasteiger partial charge >= 0.3 is 5.97 Å². The smallest absolute Gasteiger partial charge is 0.339 e. The average Bonchev–Trinajstić information content (AvgIpc) is 2.37. The van der Waals surface area contributed by atoms with E-state index in [1.165, 1.54) is 26.4 Å². The summed E-state index contributed by atoms with van der Waals surface area (Å²) >= 11 is 0. The summed E-state index contributed by atoms with van der Waals surface area (Å²) in [4.78, 5) is 26.0. The molecular formula is C13H14N2O3. The minimum Gasteiger partial charge on any atom is -0.465 e. The van der Waals surface area contributed by atoms with Gasteiger partial charge in [0.1, 0.15) is 0 Å². The van der Waals surface area contributed by atoms with Crippen LogP contribution in [0.2, 0.25) is 0 Å². The summed E-state index contributed by atoms with van der Waals surface area (Å²) in [6, 6.07) is 1.56. The quantitative estimate of drug-likeness (QED) is 0.485. The van der Waals surface area contributed by atoms with Crippen molar-refractivity contribution in [2.24, 2.45) is 0 Å². The van der Waals surface area contributed by atoms with Crippen LogP contribution in [0.15, 0.2) is 18.5 Å². The number of carbonyl (C=O) groups is 2.